The van der Waals surface area contributed by atoms with Crippen LogP contribution in [0, 0.1) is 0 Å². The molecule has 0 spiro atoms. The summed E-state index contributed by atoms with van der Waals surface area (Å²) in [6, 6.07) is 0.765. The highest BCUT2D eigenvalue weighted by atomic mass is 15.2. The van der Waals surface area contributed by atoms with E-state index < -0.39 is 0 Å². The largest absolute Gasteiger partial charge is 0.328 e. The van der Waals surface area contributed by atoms with Crippen molar-refractivity contribution in [2.75, 3.05) is 7.05 Å². The maximum Gasteiger partial charge on any atom is 0.0534 e. The monoisotopic (exact) mass is 210 g/mol. The van der Waals surface area contributed by atoms with Gasteiger partial charge < -0.3 is 5.73 Å². The summed E-state index contributed by atoms with van der Waals surface area (Å²) in [5, 5.41) is 4.16. The predicted octanol–water partition coefficient (Wildman–Crippen LogP) is 0.978. The fraction of sp³-hybridized carbons (Fsp3) is 0.727. The molecule has 0 aliphatic heterocycles. The first-order valence-electron chi connectivity index (χ1n) is 5.42. The first-order chi connectivity index (χ1) is 6.99. The molecule has 0 amide bonds. The van der Waals surface area contributed by atoms with Crippen LogP contribution in [-0.4, -0.2) is 33.8 Å². The minimum Gasteiger partial charge on any atom is -0.328 e. The lowest BCUT2D eigenvalue weighted by atomic mass is 10.1. The first-order valence-corrected chi connectivity index (χ1v) is 5.42. The Morgan fingerprint density at radius 1 is 1.53 bits per heavy atom. The van der Waals surface area contributed by atoms with Crippen molar-refractivity contribution in [2.24, 2.45) is 12.8 Å². The average molecular weight is 210 g/mol. The highest BCUT2D eigenvalue weighted by Crippen LogP contribution is 2.08. The van der Waals surface area contributed by atoms with Gasteiger partial charge in [-0.05, 0) is 27.3 Å². The Morgan fingerprint density at radius 3 is 2.67 bits per heavy atom. The van der Waals surface area contributed by atoms with E-state index in [4.69, 9.17) is 5.73 Å². The van der Waals surface area contributed by atoms with E-state index in [0.717, 1.165) is 13.0 Å². The van der Waals surface area contributed by atoms with Crippen LogP contribution in [0.3, 0.4) is 0 Å². The lowest BCUT2D eigenvalue weighted by Gasteiger charge is -2.25. The molecule has 2 atom stereocenters. The minimum absolute atomic E-state index is 0.261. The minimum atomic E-state index is 0.261. The summed E-state index contributed by atoms with van der Waals surface area (Å²) in [6.45, 7) is 5.19. The highest BCUT2D eigenvalue weighted by molar-refractivity contribution is 5.03. The van der Waals surface area contributed by atoms with Gasteiger partial charge in [-0.1, -0.05) is 0 Å². The standard InChI is InChI=1S/C11H22N4/c1-9(12)5-10(2)14(3)7-11-6-13-15(4)8-11/h6,8-10H,5,7,12H2,1-4H3. The molecule has 1 aromatic heterocycles. The Balaban J connectivity index is 2.44. The van der Waals surface area contributed by atoms with E-state index in [1.54, 1.807) is 0 Å². The highest BCUT2D eigenvalue weighted by Gasteiger charge is 2.11. The Labute approximate surface area is 92.1 Å². The van der Waals surface area contributed by atoms with Crippen LogP contribution in [0.2, 0.25) is 0 Å². The Kier molecular flexibility index (Phi) is 4.29. The number of nitrogens with zero attached hydrogens (tertiary/aromatic N) is 3. The van der Waals surface area contributed by atoms with Gasteiger partial charge in [0.1, 0.15) is 0 Å². The molecule has 0 bridgehead atoms. The smallest absolute Gasteiger partial charge is 0.0534 e. The molecule has 2 N–H and O–H groups in total. The van der Waals surface area contributed by atoms with Crippen LogP contribution in [0.25, 0.3) is 0 Å². The zero-order valence-corrected chi connectivity index (χ0v) is 10.1. The molecule has 0 aliphatic carbocycles. The van der Waals surface area contributed by atoms with Gasteiger partial charge in [-0.15, -0.1) is 0 Å². The number of rotatable bonds is 5. The Hall–Kier alpha value is -0.870. The molecule has 2 unspecified atom stereocenters. The molecule has 4 nitrogen and oxygen atoms in total. The molecule has 15 heavy (non-hydrogen) atoms. The van der Waals surface area contributed by atoms with Crippen LogP contribution >= 0.6 is 0 Å². The summed E-state index contributed by atoms with van der Waals surface area (Å²) in [4.78, 5) is 2.31. The molecule has 0 aliphatic rings. The second-order valence-corrected chi connectivity index (χ2v) is 4.50. The number of hydrogen-bond donors (Lipinski definition) is 1. The van der Waals surface area contributed by atoms with Crippen LogP contribution in [0.4, 0.5) is 0 Å². The lowest BCUT2D eigenvalue weighted by Crippen LogP contribution is -2.33. The van der Waals surface area contributed by atoms with Gasteiger partial charge in [0.2, 0.25) is 0 Å². The molecule has 1 heterocycles. The second-order valence-electron chi connectivity index (χ2n) is 4.50. The van der Waals surface area contributed by atoms with Crippen molar-refractivity contribution in [3.63, 3.8) is 0 Å². The van der Waals surface area contributed by atoms with Gasteiger partial charge in [-0.25, -0.2) is 0 Å². The van der Waals surface area contributed by atoms with E-state index in [1.807, 2.05) is 17.9 Å². The molecule has 1 rings (SSSR count). The third-order valence-electron chi connectivity index (χ3n) is 2.66. The summed E-state index contributed by atoms with van der Waals surface area (Å²) in [5.41, 5.74) is 7.03. The van der Waals surface area contributed by atoms with E-state index in [-0.39, 0.29) is 6.04 Å². The molecule has 0 saturated heterocycles. The maximum absolute atomic E-state index is 5.79. The number of hydrogen-bond acceptors (Lipinski definition) is 3. The Bertz CT molecular complexity index is 293. The van der Waals surface area contributed by atoms with Crippen LogP contribution in [0.15, 0.2) is 12.4 Å². The van der Waals surface area contributed by atoms with Gasteiger partial charge in [-0.2, -0.15) is 5.10 Å². The molecule has 0 fully saturated rings. The zero-order valence-electron chi connectivity index (χ0n) is 10.1. The van der Waals surface area contributed by atoms with Crippen molar-refractivity contribution in [2.45, 2.75) is 38.9 Å². The van der Waals surface area contributed by atoms with Crippen LogP contribution < -0.4 is 5.73 Å². The zero-order chi connectivity index (χ0) is 11.4. The summed E-state index contributed by atoms with van der Waals surface area (Å²) in [7, 11) is 4.06. The second kappa shape index (κ2) is 5.28. The van der Waals surface area contributed by atoms with Crippen molar-refractivity contribution in [1.82, 2.24) is 14.7 Å². The normalized spacial score (nSPS) is 15.6. The molecule has 0 radical (unpaired) electrons. The lowest BCUT2D eigenvalue weighted by molar-refractivity contribution is 0.230. The van der Waals surface area contributed by atoms with Crippen molar-refractivity contribution in [1.29, 1.82) is 0 Å². The van der Waals surface area contributed by atoms with Crippen LogP contribution in [0.5, 0.6) is 0 Å². The van der Waals surface area contributed by atoms with Gasteiger partial charge in [0.05, 0.1) is 6.20 Å². The fourth-order valence-corrected chi connectivity index (χ4v) is 1.72. The van der Waals surface area contributed by atoms with Crippen molar-refractivity contribution in [3.8, 4) is 0 Å². The quantitative estimate of drug-likeness (QED) is 0.788. The summed E-state index contributed by atoms with van der Waals surface area (Å²) in [6.07, 6.45) is 4.99. The molecule has 86 valence electrons. The van der Waals surface area contributed by atoms with Gasteiger partial charge in [0.25, 0.3) is 0 Å². The van der Waals surface area contributed by atoms with Crippen molar-refractivity contribution >= 4 is 0 Å². The van der Waals surface area contributed by atoms with Crippen LogP contribution in [0.1, 0.15) is 25.8 Å². The summed E-state index contributed by atoms with van der Waals surface area (Å²) < 4.78 is 1.83. The van der Waals surface area contributed by atoms with Crippen molar-refractivity contribution < 1.29 is 0 Å². The third-order valence-corrected chi connectivity index (χ3v) is 2.66. The molecule has 4 heteroatoms. The van der Waals surface area contributed by atoms with Gasteiger partial charge in [-0.3, -0.25) is 9.58 Å². The molecular formula is C11H22N4. The number of nitrogens with two attached hydrogens (primary N) is 1. The van der Waals surface area contributed by atoms with Gasteiger partial charge >= 0.3 is 0 Å². The van der Waals surface area contributed by atoms with E-state index in [9.17, 15) is 0 Å². The van der Waals surface area contributed by atoms with Gasteiger partial charge in [0, 0.05) is 37.4 Å². The molecular weight excluding hydrogens is 188 g/mol. The van der Waals surface area contributed by atoms with E-state index in [0.29, 0.717) is 6.04 Å². The fourth-order valence-electron chi connectivity index (χ4n) is 1.72. The molecule has 1 aromatic rings. The molecule has 0 aromatic carbocycles. The Morgan fingerprint density at radius 2 is 2.20 bits per heavy atom. The molecule has 0 saturated carbocycles. The van der Waals surface area contributed by atoms with Gasteiger partial charge in [0.15, 0.2) is 0 Å². The van der Waals surface area contributed by atoms with E-state index in [1.165, 1.54) is 5.56 Å². The van der Waals surface area contributed by atoms with E-state index in [2.05, 4.69) is 37.1 Å². The average Bonchev–Trinajstić information content (AvgIpc) is 2.50. The predicted molar refractivity (Wildman–Crippen MR) is 62.4 cm³/mol. The SMILES string of the molecule is CC(N)CC(C)N(C)Cc1cnn(C)c1. The maximum atomic E-state index is 5.79. The van der Waals surface area contributed by atoms with Crippen molar-refractivity contribution in [3.05, 3.63) is 18.0 Å². The van der Waals surface area contributed by atoms with E-state index >= 15 is 0 Å². The number of aryl methyl sites for hydroxylation is 1. The first kappa shape index (κ1) is 12.2. The van der Waals surface area contributed by atoms with Crippen LogP contribution in [-0.2, 0) is 13.6 Å². The summed E-state index contributed by atoms with van der Waals surface area (Å²) >= 11 is 0. The summed E-state index contributed by atoms with van der Waals surface area (Å²) in [5.74, 6) is 0. The third kappa shape index (κ3) is 4.01. The number of aromatic nitrogens is 2. The topological polar surface area (TPSA) is 47.1 Å².